The number of hydrogen-bond donors (Lipinski definition) is 3. The number of benzene rings is 2. The zero-order chi connectivity index (χ0) is 19.0. The summed E-state index contributed by atoms with van der Waals surface area (Å²) in [6.07, 6.45) is 0.581. The Bertz CT molecular complexity index is 1050. The molecule has 0 aliphatic carbocycles. The molecule has 27 heavy (non-hydrogen) atoms. The fraction of sp³-hybridized carbons (Fsp3) is 0.200. The SMILES string of the molecule is O=c1[nH]c(-c2ccc(Cl)cc2)nc2c1CCN(Cc1cccc(O)c1O)C2. The molecular formula is C20H18ClN3O3. The molecule has 138 valence electrons. The van der Waals surface area contributed by atoms with E-state index in [1.807, 2.05) is 12.1 Å². The van der Waals surface area contributed by atoms with Crippen LogP contribution in [0.1, 0.15) is 16.8 Å². The normalized spacial score (nSPS) is 14.1. The van der Waals surface area contributed by atoms with Crippen LogP contribution < -0.4 is 5.56 Å². The molecule has 0 radical (unpaired) electrons. The van der Waals surface area contributed by atoms with Crippen molar-refractivity contribution in [2.75, 3.05) is 6.54 Å². The molecule has 0 saturated heterocycles. The van der Waals surface area contributed by atoms with Crippen molar-refractivity contribution in [3.63, 3.8) is 0 Å². The Morgan fingerprint density at radius 3 is 2.70 bits per heavy atom. The van der Waals surface area contributed by atoms with Crippen molar-refractivity contribution in [1.82, 2.24) is 14.9 Å². The molecule has 2 aromatic carbocycles. The number of H-pyrrole nitrogens is 1. The van der Waals surface area contributed by atoms with Gasteiger partial charge in [0.1, 0.15) is 5.82 Å². The number of para-hydroxylation sites is 1. The lowest BCUT2D eigenvalue weighted by atomic mass is 10.0. The first-order chi connectivity index (χ1) is 13.0. The molecule has 0 atom stereocenters. The molecule has 4 rings (SSSR count). The number of nitrogens with zero attached hydrogens (tertiary/aromatic N) is 2. The summed E-state index contributed by atoms with van der Waals surface area (Å²) in [4.78, 5) is 22.1. The summed E-state index contributed by atoms with van der Waals surface area (Å²) in [5.74, 6) is 0.269. The fourth-order valence-corrected chi connectivity index (χ4v) is 3.45. The van der Waals surface area contributed by atoms with E-state index in [0.29, 0.717) is 48.0 Å². The van der Waals surface area contributed by atoms with Gasteiger partial charge in [0.05, 0.1) is 5.69 Å². The minimum Gasteiger partial charge on any atom is -0.504 e. The molecule has 3 N–H and O–H groups in total. The average Bonchev–Trinajstić information content (AvgIpc) is 2.66. The van der Waals surface area contributed by atoms with Gasteiger partial charge in [0.25, 0.3) is 5.56 Å². The number of halogens is 1. The second-order valence-corrected chi connectivity index (χ2v) is 7.03. The predicted molar refractivity (Wildman–Crippen MR) is 103 cm³/mol. The number of phenolic OH excluding ortho intramolecular Hbond substituents is 2. The van der Waals surface area contributed by atoms with Crippen molar-refractivity contribution in [1.29, 1.82) is 0 Å². The molecule has 0 amide bonds. The molecule has 7 heteroatoms. The molecule has 0 bridgehead atoms. The molecule has 2 heterocycles. The first-order valence-electron chi connectivity index (χ1n) is 8.61. The molecule has 6 nitrogen and oxygen atoms in total. The summed E-state index contributed by atoms with van der Waals surface area (Å²) in [6, 6.07) is 12.1. The Labute approximate surface area is 160 Å². The molecule has 0 fully saturated rings. The van der Waals surface area contributed by atoms with E-state index in [4.69, 9.17) is 11.6 Å². The zero-order valence-electron chi connectivity index (χ0n) is 14.4. The number of aromatic amines is 1. The highest BCUT2D eigenvalue weighted by Crippen LogP contribution is 2.30. The molecule has 1 aromatic heterocycles. The molecular weight excluding hydrogens is 366 g/mol. The first kappa shape index (κ1) is 17.6. The number of rotatable bonds is 3. The molecule has 0 unspecified atom stereocenters. The smallest absolute Gasteiger partial charge is 0.254 e. The summed E-state index contributed by atoms with van der Waals surface area (Å²) < 4.78 is 0. The summed E-state index contributed by atoms with van der Waals surface area (Å²) in [5, 5.41) is 20.3. The van der Waals surface area contributed by atoms with Crippen LogP contribution in [0.5, 0.6) is 11.5 Å². The minimum atomic E-state index is -0.135. The van der Waals surface area contributed by atoms with Crippen molar-refractivity contribution >= 4 is 11.6 Å². The van der Waals surface area contributed by atoms with Gasteiger partial charge in [0.15, 0.2) is 11.5 Å². The van der Waals surface area contributed by atoms with Gasteiger partial charge in [-0.25, -0.2) is 4.98 Å². The van der Waals surface area contributed by atoms with Crippen LogP contribution in [-0.4, -0.2) is 31.6 Å². The Morgan fingerprint density at radius 1 is 1.15 bits per heavy atom. The number of hydrogen-bond acceptors (Lipinski definition) is 5. The van der Waals surface area contributed by atoms with Gasteiger partial charge in [0, 0.05) is 41.3 Å². The summed E-state index contributed by atoms with van der Waals surface area (Å²) >= 11 is 5.93. The number of fused-ring (bicyclic) bond motifs is 1. The van der Waals surface area contributed by atoms with Crippen molar-refractivity contribution in [2.45, 2.75) is 19.5 Å². The molecule has 3 aromatic rings. The van der Waals surface area contributed by atoms with Crippen LogP contribution in [0.2, 0.25) is 5.02 Å². The second-order valence-electron chi connectivity index (χ2n) is 6.59. The lowest BCUT2D eigenvalue weighted by Crippen LogP contribution is -2.35. The van der Waals surface area contributed by atoms with Crippen LogP contribution in [0.3, 0.4) is 0 Å². The zero-order valence-corrected chi connectivity index (χ0v) is 15.2. The van der Waals surface area contributed by atoms with Gasteiger partial charge in [-0.1, -0.05) is 23.7 Å². The third-order valence-electron chi connectivity index (χ3n) is 4.76. The highest BCUT2D eigenvalue weighted by atomic mass is 35.5. The third kappa shape index (κ3) is 3.54. The monoisotopic (exact) mass is 383 g/mol. The van der Waals surface area contributed by atoms with Crippen molar-refractivity contribution < 1.29 is 10.2 Å². The van der Waals surface area contributed by atoms with Crippen molar-refractivity contribution in [2.24, 2.45) is 0 Å². The number of phenols is 2. The average molecular weight is 384 g/mol. The number of aromatic hydroxyl groups is 2. The lowest BCUT2D eigenvalue weighted by molar-refractivity contribution is 0.236. The van der Waals surface area contributed by atoms with Crippen LogP contribution in [0.25, 0.3) is 11.4 Å². The second kappa shape index (κ2) is 7.06. The molecule has 0 spiro atoms. The van der Waals surface area contributed by atoms with Crippen LogP contribution >= 0.6 is 11.6 Å². The predicted octanol–water partition coefficient (Wildman–Crippen LogP) is 3.06. The fourth-order valence-electron chi connectivity index (χ4n) is 3.32. The highest BCUT2D eigenvalue weighted by molar-refractivity contribution is 6.30. The summed E-state index contributed by atoms with van der Waals surface area (Å²) in [6.45, 7) is 1.63. The number of aromatic nitrogens is 2. The maximum absolute atomic E-state index is 12.5. The van der Waals surface area contributed by atoms with E-state index in [9.17, 15) is 15.0 Å². The molecule has 1 aliphatic heterocycles. The van der Waals surface area contributed by atoms with Gasteiger partial charge in [-0.05, 0) is 36.8 Å². The standard InChI is InChI=1S/C20H18ClN3O3/c21-14-6-4-12(5-7-14)19-22-16-11-24(9-8-15(16)20(27)23-19)10-13-2-1-3-17(25)18(13)26/h1-7,25-26H,8-11H2,(H,22,23,27). The van der Waals surface area contributed by atoms with E-state index in [0.717, 1.165) is 11.3 Å². The van der Waals surface area contributed by atoms with Gasteiger partial charge in [-0.15, -0.1) is 0 Å². The Morgan fingerprint density at radius 2 is 1.93 bits per heavy atom. The summed E-state index contributed by atoms with van der Waals surface area (Å²) in [7, 11) is 0. The summed E-state index contributed by atoms with van der Waals surface area (Å²) in [5.41, 5.74) is 2.74. The Hall–Kier alpha value is -2.83. The maximum atomic E-state index is 12.5. The van der Waals surface area contributed by atoms with Crippen molar-refractivity contribution in [3.05, 3.63) is 74.7 Å². The van der Waals surface area contributed by atoms with Crippen molar-refractivity contribution in [3.8, 4) is 22.9 Å². The highest BCUT2D eigenvalue weighted by Gasteiger charge is 2.22. The lowest BCUT2D eigenvalue weighted by Gasteiger charge is -2.28. The van der Waals surface area contributed by atoms with E-state index < -0.39 is 0 Å². The minimum absolute atomic E-state index is 0.107. The van der Waals surface area contributed by atoms with Gasteiger partial charge in [-0.3, -0.25) is 9.69 Å². The molecule has 0 saturated carbocycles. The van der Waals surface area contributed by atoms with Gasteiger partial charge < -0.3 is 15.2 Å². The third-order valence-corrected chi connectivity index (χ3v) is 5.01. The van der Waals surface area contributed by atoms with Crippen LogP contribution in [0.4, 0.5) is 0 Å². The molecule has 1 aliphatic rings. The van der Waals surface area contributed by atoms with E-state index in [1.165, 1.54) is 6.07 Å². The first-order valence-corrected chi connectivity index (χ1v) is 8.99. The van der Waals surface area contributed by atoms with Crippen LogP contribution in [-0.2, 0) is 19.5 Å². The topological polar surface area (TPSA) is 89.5 Å². The van der Waals surface area contributed by atoms with E-state index in [1.54, 1.807) is 24.3 Å². The van der Waals surface area contributed by atoms with E-state index in [-0.39, 0.29) is 17.1 Å². The Balaban J connectivity index is 1.62. The van der Waals surface area contributed by atoms with Gasteiger partial charge in [0.2, 0.25) is 0 Å². The van der Waals surface area contributed by atoms with Gasteiger partial charge in [-0.2, -0.15) is 0 Å². The Kier molecular flexibility index (Phi) is 4.59. The largest absolute Gasteiger partial charge is 0.504 e. The van der Waals surface area contributed by atoms with E-state index >= 15 is 0 Å². The number of nitrogens with one attached hydrogen (secondary N) is 1. The maximum Gasteiger partial charge on any atom is 0.254 e. The van der Waals surface area contributed by atoms with Crippen LogP contribution in [0.15, 0.2) is 47.3 Å². The quantitative estimate of drug-likeness (QED) is 0.605. The van der Waals surface area contributed by atoms with Crippen LogP contribution in [0, 0.1) is 0 Å². The van der Waals surface area contributed by atoms with E-state index in [2.05, 4.69) is 14.9 Å². The van der Waals surface area contributed by atoms with Gasteiger partial charge >= 0.3 is 0 Å².